The Morgan fingerprint density at radius 3 is 2.37 bits per heavy atom. The van der Waals surface area contributed by atoms with Gasteiger partial charge in [-0.3, -0.25) is 0 Å². The van der Waals surface area contributed by atoms with Crippen molar-refractivity contribution < 1.29 is 5.11 Å². The lowest BCUT2D eigenvalue weighted by molar-refractivity contribution is 0.476. The van der Waals surface area contributed by atoms with Crippen molar-refractivity contribution in [2.45, 2.75) is 20.8 Å². The first-order chi connectivity index (χ1) is 9.04. The zero-order valence-corrected chi connectivity index (χ0v) is 11.3. The van der Waals surface area contributed by atoms with Crippen molar-refractivity contribution in [1.82, 2.24) is 9.97 Å². The first kappa shape index (κ1) is 11.8. The zero-order valence-electron chi connectivity index (χ0n) is 11.3. The van der Waals surface area contributed by atoms with Gasteiger partial charge in [-0.25, -0.2) is 4.98 Å². The number of aromatic amines is 1. The molecule has 0 bridgehead atoms. The van der Waals surface area contributed by atoms with Gasteiger partial charge in [-0.2, -0.15) is 0 Å². The van der Waals surface area contributed by atoms with Crippen LogP contribution in [0.5, 0.6) is 5.75 Å². The first-order valence-electron chi connectivity index (χ1n) is 6.31. The van der Waals surface area contributed by atoms with Crippen molar-refractivity contribution in [1.29, 1.82) is 0 Å². The van der Waals surface area contributed by atoms with Crippen LogP contribution < -0.4 is 0 Å². The van der Waals surface area contributed by atoms with E-state index in [-0.39, 0.29) is 5.75 Å². The second-order valence-electron chi connectivity index (χ2n) is 5.06. The van der Waals surface area contributed by atoms with Gasteiger partial charge >= 0.3 is 0 Å². The summed E-state index contributed by atoms with van der Waals surface area (Å²) in [5.41, 5.74) is 6.54. The third kappa shape index (κ3) is 1.97. The minimum Gasteiger partial charge on any atom is -0.508 e. The van der Waals surface area contributed by atoms with E-state index in [1.165, 1.54) is 16.7 Å². The molecule has 3 rings (SSSR count). The van der Waals surface area contributed by atoms with Crippen molar-refractivity contribution in [3.63, 3.8) is 0 Å². The molecule has 0 saturated carbocycles. The summed E-state index contributed by atoms with van der Waals surface area (Å²) in [5, 5.41) is 9.51. The lowest BCUT2D eigenvalue weighted by Crippen LogP contribution is -1.91. The van der Waals surface area contributed by atoms with Crippen molar-refractivity contribution in [2.24, 2.45) is 0 Å². The van der Waals surface area contributed by atoms with Crippen LogP contribution in [0.1, 0.15) is 16.7 Å². The molecule has 19 heavy (non-hydrogen) atoms. The molecule has 0 aliphatic carbocycles. The van der Waals surface area contributed by atoms with Crippen molar-refractivity contribution in [3.05, 3.63) is 47.0 Å². The Morgan fingerprint density at radius 2 is 1.68 bits per heavy atom. The summed E-state index contributed by atoms with van der Waals surface area (Å²) >= 11 is 0. The number of phenols is 1. The van der Waals surface area contributed by atoms with E-state index in [1.54, 1.807) is 12.1 Å². The van der Waals surface area contributed by atoms with E-state index in [0.717, 1.165) is 22.4 Å². The average molecular weight is 252 g/mol. The van der Waals surface area contributed by atoms with Crippen LogP contribution in [0, 0.1) is 20.8 Å². The Labute approximate surface area is 111 Å². The van der Waals surface area contributed by atoms with E-state index in [1.807, 2.05) is 6.07 Å². The van der Waals surface area contributed by atoms with Gasteiger partial charge in [-0.05, 0) is 44.0 Å². The number of imidazole rings is 1. The predicted octanol–water partition coefficient (Wildman–Crippen LogP) is 3.86. The van der Waals surface area contributed by atoms with E-state index in [0.29, 0.717) is 0 Å². The van der Waals surface area contributed by atoms with E-state index >= 15 is 0 Å². The predicted molar refractivity (Wildman–Crippen MR) is 77.4 cm³/mol. The van der Waals surface area contributed by atoms with Crippen molar-refractivity contribution in [2.75, 3.05) is 0 Å². The van der Waals surface area contributed by atoms with Crippen LogP contribution in [0.15, 0.2) is 30.3 Å². The highest BCUT2D eigenvalue weighted by molar-refractivity contribution is 5.82. The highest BCUT2D eigenvalue weighted by Crippen LogP contribution is 2.28. The second-order valence-corrected chi connectivity index (χ2v) is 5.06. The number of phenolic OH excluding ortho intramolecular Hbond substituents is 1. The number of nitrogens with zero attached hydrogens (tertiary/aromatic N) is 1. The molecule has 0 saturated heterocycles. The summed E-state index contributed by atoms with van der Waals surface area (Å²) in [4.78, 5) is 7.89. The maximum atomic E-state index is 9.51. The number of aromatic nitrogens is 2. The topological polar surface area (TPSA) is 48.9 Å². The SMILES string of the molecule is Cc1cc(C)c(-c2nc3ccc(O)cc3[nH]2)c(C)c1. The Balaban J connectivity index is 2.24. The van der Waals surface area contributed by atoms with Gasteiger partial charge in [0.1, 0.15) is 11.6 Å². The fourth-order valence-corrected chi connectivity index (χ4v) is 2.67. The largest absolute Gasteiger partial charge is 0.508 e. The summed E-state index contributed by atoms with van der Waals surface area (Å²) in [6.07, 6.45) is 0. The Morgan fingerprint density at radius 1 is 1.00 bits per heavy atom. The average Bonchev–Trinajstić information content (AvgIpc) is 2.69. The van der Waals surface area contributed by atoms with Crippen LogP contribution in [0.25, 0.3) is 22.4 Å². The maximum Gasteiger partial charge on any atom is 0.139 e. The quantitative estimate of drug-likeness (QED) is 0.691. The molecule has 0 fully saturated rings. The number of H-pyrrole nitrogens is 1. The van der Waals surface area contributed by atoms with Gasteiger partial charge in [-0.15, -0.1) is 0 Å². The fraction of sp³-hybridized carbons (Fsp3) is 0.188. The Kier molecular flexibility index (Phi) is 2.56. The van der Waals surface area contributed by atoms with E-state index in [9.17, 15) is 5.11 Å². The molecule has 0 unspecified atom stereocenters. The van der Waals surface area contributed by atoms with Crippen molar-refractivity contribution in [3.8, 4) is 17.1 Å². The van der Waals surface area contributed by atoms with Crippen LogP contribution in [0.3, 0.4) is 0 Å². The van der Waals surface area contributed by atoms with E-state index < -0.39 is 0 Å². The number of fused-ring (bicyclic) bond motifs is 1. The third-order valence-corrected chi connectivity index (χ3v) is 3.38. The molecule has 2 aromatic carbocycles. The van der Waals surface area contributed by atoms with Crippen LogP contribution in [-0.2, 0) is 0 Å². The molecule has 0 aliphatic rings. The molecular weight excluding hydrogens is 236 g/mol. The summed E-state index contributed by atoms with van der Waals surface area (Å²) < 4.78 is 0. The lowest BCUT2D eigenvalue weighted by Gasteiger charge is -2.08. The van der Waals surface area contributed by atoms with Gasteiger partial charge in [-0.1, -0.05) is 17.7 Å². The van der Waals surface area contributed by atoms with E-state index in [2.05, 4.69) is 42.9 Å². The molecule has 1 aromatic heterocycles. The highest BCUT2D eigenvalue weighted by Gasteiger charge is 2.11. The number of hydrogen-bond acceptors (Lipinski definition) is 2. The molecule has 0 spiro atoms. The van der Waals surface area contributed by atoms with Gasteiger partial charge in [0, 0.05) is 11.6 Å². The van der Waals surface area contributed by atoms with Gasteiger partial charge < -0.3 is 10.1 Å². The van der Waals surface area contributed by atoms with Crippen LogP contribution in [0.4, 0.5) is 0 Å². The smallest absolute Gasteiger partial charge is 0.139 e. The Bertz CT molecular complexity index is 749. The van der Waals surface area contributed by atoms with E-state index in [4.69, 9.17) is 0 Å². The number of aromatic hydroxyl groups is 1. The number of rotatable bonds is 1. The molecule has 0 atom stereocenters. The number of hydrogen-bond donors (Lipinski definition) is 2. The number of nitrogens with one attached hydrogen (secondary N) is 1. The van der Waals surface area contributed by atoms with Crippen LogP contribution >= 0.6 is 0 Å². The van der Waals surface area contributed by atoms with Crippen molar-refractivity contribution >= 4 is 11.0 Å². The van der Waals surface area contributed by atoms with Gasteiger partial charge in [0.2, 0.25) is 0 Å². The third-order valence-electron chi connectivity index (χ3n) is 3.38. The minimum absolute atomic E-state index is 0.250. The maximum absolute atomic E-state index is 9.51. The summed E-state index contributed by atoms with van der Waals surface area (Å²) in [7, 11) is 0. The standard InChI is InChI=1S/C16H16N2O/c1-9-6-10(2)15(11(3)7-9)16-17-13-5-4-12(19)8-14(13)18-16/h4-8,19H,1-3H3,(H,17,18). The molecule has 3 aromatic rings. The van der Waals surface area contributed by atoms with Crippen LogP contribution in [-0.4, -0.2) is 15.1 Å². The van der Waals surface area contributed by atoms with Crippen LogP contribution in [0.2, 0.25) is 0 Å². The molecule has 0 radical (unpaired) electrons. The fourth-order valence-electron chi connectivity index (χ4n) is 2.67. The first-order valence-corrected chi connectivity index (χ1v) is 6.31. The molecule has 1 heterocycles. The number of aryl methyl sites for hydroxylation is 3. The molecule has 96 valence electrons. The monoisotopic (exact) mass is 252 g/mol. The molecule has 2 N–H and O–H groups in total. The Hall–Kier alpha value is -2.29. The van der Waals surface area contributed by atoms with Gasteiger partial charge in [0.05, 0.1) is 11.0 Å². The lowest BCUT2D eigenvalue weighted by atomic mass is 9.99. The molecule has 3 nitrogen and oxygen atoms in total. The summed E-state index contributed by atoms with van der Waals surface area (Å²) in [6, 6.07) is 9.50. The molecule has 3 heteroatoms. The highest BCUT2D eigenvalue weighted by atomic mass is 16.3. The number of benzene rings is 2. The summed E-state index contributed by atoms with van der Waals surface area (Å²) in [6.45, 7) is 6.29. The van der Waals surface area contributed by atoms with Gasteiger partial charge in [0.25, 0.3) is 0 Å². The minimum atomic E-state index is 0.250. The second kappa shape index (κ2) is 4.12. The van der Waals surface area contributed by atoms with Gasteiger partial charge in [0.15, 0.2) is 0 Å². The summed E-state index contributed by atoms with van der Waals surface area (Å²) in [5.74, 6) is 1.11. The molecule has 0 aliphatic heterocycles. The molecular formula is C16H16N2O. The normalized spacial score (nSPS) is 11.1. The molecule has 0 amide bonds. The zero-order chi connectivity index (χ0) is 13.6.